The molecule has 3 rings (SSSR count). The quantitative estimate of drug-likeness (QED) is 0.860. The molecule has 1 aliphatic heterocycles. The number of carboxylic acids is 1. The molecule has 24 heavy (non-hydrogen) atoms. The number of benzene rings is 1. The molecule has 1 aromatic heterocycles. The van der Waals surface area contributed by atoms with Gasteiger partial charge in [0, 0.05) is 11.0 Å². The van der Waals surface area contributed by atoms with Gasteiger partial charge in [-0.3, -0.25) is 4.79 Å². The highest BCUT2D eigenvalue weighted by Crippen LogP contribution is 2.20. The lowest BCUT2D eigenvalue weighted by Crippen LogP contribution is -2.52. The lowest BCUT2D eigenvalue weighted by Gasteiger charge is -2.32. The molecule has 2 heterocycles. The molecule has 1 amide bonds. The fourth-order valence-electron chi connectivity index (χ4n) is 2.69. The number of hydrogen-bond acceptors (Lipinski definition) is 4. The van der Waals surface area contributed by atoms with Gasteiger partial charge in [-0.25, -0.2) is 9.48 Å². The van der Waals surface area contributed by atoms with Gasteiger partial charge < -0.3 is 14.7 Å². The predicted molar refractivity (Wildman–Crippen MR) is 89.3 cm³/mol. The van der Waals surface area contributed by atoms with Crippen molar-refractivity contribution in [2.75, 3.05) is 19.8 Å². The van der Waals surface area contributed by atoms with Crippen molar-refractivity contribution in [2.45, 2.75) is 13.0 Å². The highest BCUT2D eigenvalue weighted by atomic mass is 79.9. The first-order valence-corrected chi connectivity index (χ1v) is 8.20. The first-order chi connectivity index (χ1) is 11.5. The molecule has 0 unspecified atom stereocenters. The fraction of sp³-hybridized carbons (Fsp3) is 0.312. The summed E-state index contributed by atoms with van der Waals surface area (Å²) in [4.78, 5) is 25.5. The summed E-state index contributed by atoms with van der Waals surface area (Å²) in [5.74, 6) is -1.41. The molecule has 1 aliphatic rings. The molecule has 126 valence electrons. The van der Waals surface area contributed by atoms with Crippen LogP contribution in [0.2, 0.25) is 0 Å². The largest absolute Gasteiger partial charge is 0.480 e. The van der Waals surface area contributed by atoms with Crippen LogP contribution in [0.15, 0.2) is 34.9 Å². The molecule has 1 aromatic carbocycles. The van der Waals surface area contributed by atoms with Crippen molar-refractivity contribution in [3.8, 4) is 5.69 Å². The van der Waals surface area contributed by atoms with E-state index in [1.54, 1.807) is 11.6 Å². The number of carboxylic acid groups (broad SMARTS) is 1. The Labute approximate surface area is 147 Å². The van der Waals surface area contributed by atoms with E-state index in [0.717, 1.165) is 10.2 Å². The van der Waals surface area contributed by atoms with E-state index in [1.807, 2.05) is 24.3 Å². The van der Waals surface area contributed by atoms with Crippen LogP contribution in [0.5, 0.6) is 0 Å². The van der Waals surface area contributed by atoms with Crippen molar-refractivity contribution >= 4 is 27.8 Å². The van der Waals surface area contributed by atoms with Crippen LogP contribution in [0.25, 0.3) is 5.69 Å². The Balaban J connectivity index is 1.92. The van der Waals surface area contributed by atoms with E-state index >= 15 is 0 Å². The Morgan fingerprint density at radius 2 is 2.21 bits per heavy atom. The van der Waals surface area contributed by atoms with Crippen LogP contribution in [0.4, 0.5) is 0 Å². The van der Waals surface area contributed by atoms with E-state index in [-0.39, 0.29) is 19.1 Å². The number of halogens is 1. The van der Waals surface area contributed by atoms with Gasteiger partial charge in [-0.15, -0.1) is 0 Å². The summed E-state index contributed by atoms with van der Waals surface area (Å²) >= 11 is 3.41. The maximum atomic E-state index is 12.8. The number of amides is 1. The smallest absolute Gasteiger partial charge is 0.328 e. The number of ether oxygens (including phenoxy) is 1. The Kier molecular flexibility index (Phi) is 4.68. The van der Waals surface area contributed by atoms with Gasteiger partial charge in [-0.2, -0.15) is 5.10 Å². The third-order valence-electron chi connectivity index (χ3n) is 3.97. The van der Waals surface area contributed by atoms with E-state index in [1.165, 1.54) is 11.1 Å². The van der Waals surface area contributed by atoms with Crippen LogP contribution in [0, 0.1) is 6.92 Å². The van der Waals surface area contributed by atoms with Crippen LogP contribution in [-0.2, 0) is 9.53 Å². The lowest BCUT2D eigenvalue weighted by molar-refractivity contribution is -0.147. The third kappa shape index (κ3) is 3.07. The van der Waals surface area contributed by atoms with Crippen LogP contribution < -0.4 is 0 Å². The molecule has 2 aromatic rings. The summed E-state index contributed by atoms with van der Waals surface area (Å²) in [6.07, 6.45) is 1.48. The molecule has 0 spiro atoms. The van der Waals surface area contributed by atoms with Gasteiger partial charge in [-0.1, -0.05) is 22.0 Å². The summed E-state index contributed by atoms with van der Waals surface area (Å²) in [5.41, 5.74) is 1.87. The van der Waals surface area contributed by atoms with Gasteiger partial charge in [0.1, 0.15) is 0 Å². The first-order valence-electron chi connectivity index (χ1n) is 7.41. The highest BCUT2D eigenvalue weighted by molar-refractivity contribution is 9.10. The third-order valence-corrected chi connectivity index (χ3v) is 4.46. The number of aliphatic carboxylic acids is 1. The van der Waals surface area contributed by atoms with E-state index in [0.29, 0.717) is 17.9 Å². The number of carbonyl (C=O) groups is 2. The number of carbonyl (C=O) groups excluding carboxylic acids is 1. The standard InChI is InChI=1S/C16H16BrN3O4/c1-10-13(8-18-20(10)12-4-2-3-11(17)7-12)15(21)19-5-6-24-9-14(19)16(22)23/h2-4,7-8,14H,5-6,9H2,1H3,(H,22,23)/t14-/m0/s1. The molecule has 0 saturated carbocycles. The second kappa shape index (κ2) is 6.74. The topological polar surface area (TPSA) is 84.7 Å². The normalized spacial score (nSPS) is 17.8. The minimum Gasteiger partial charge on any atom is -0.480 e. The van der Waals surface area contributed by atoms with Crippen molar-refractivity contribution in [3.05, 3.63) is 46.2 Å². The van der Waals surface area contributed by atoms with Gasteiger partial charge >= 0.3 is 5.97 Å². The van der Waals surface area contributed by atoms with E-state index in [9.17, 15) is 14.7 Å². The predicted octanol–water partition coefficient (Wildman–Crippen LogP) is 1.87. The Morgan fingerprint density at radius 1 is 1.42 bits per heavy atom. The minimum absolute atomic E-state index is 0.000109. The minimum atomic E-state index is -1.07. The number of aromatic nitrogens is 2. The molecule has 0 radical (unpaired) electrons. The zero-order valence-electron chi connectivity index (χ0n) is 13.0. The fourth-order valence-corrected chi connectivity index (χ4v) is 3.08. The zero-order valence-corrected chi connectivity index (χ0v) is 14.6. The van der Waals surface area contributed by atoms with Gasteiger partial charge in [0.05, 0.1) is 36.4 Å². The molecule has 0 aliphatic carbocycles. The summed E-state index contributed by atoms with van der Waals surface area (Å²) in [5, 5.41) is 13.6. The monoisotopic (exact) mass is 393 g/mol. The van der Waals surface area contributed by atoms with Crippen molar-refractivity contribution in [2.24, 2.45) is 0 Å². The second-order valence-corrected chi connectivity index (χ2v) is 6.38. The van der Waals surface area contributed by atoms with Crippen molar-refractivity contribution in [1.82, 2.24) is 14.7 Å². The lowest BCUT2D eigenvalue weighted by atomic mass is 10.1. The van der Waals surface area contributed by atoms with Crippen LogP contribution >= 0.6 is 15.9 Å². The highest BCUT2D eigenvalue weighted by Gasteiger charge is 2.34. The second-order valence-electron chi connectivity index (χ2n) is 5.46. The Bertz CT molecular complexity index is 789. The summed E-state index contributed by atoms with van der Waals surface area (Å²) < 4.78 is 7.74. The van der Waals surface area contributed by atoms with Gasteiger partial charge in [-0.05, 0) is 25.1 Å². The summed E-state index contributed by atoms with van der Waals surface area (Å²) in [6, 6.07) is 6.58. The van der Waals surface area contributed by atoms with Gasteiger partial charge in [0.15, 0.2) is 6.04 Å². The Hall–Kier alpha value is -2.19. The molecule has 1 saturated heterocycles. The molecule has 1 fully saturated rings. The van der Waals surface area contributed by atoms with Crippen LogP contribution in [0.3, 0.4) is 0 Å². The van der Waals surface area contributed by atoms with E-state index in [4.69, 9.17) is 4.74 Å². The number of rotatable bonds is 3. The van der Waals surface area contributed by atoms with E-state index < -0.39 is 12.0 Å². The Morgan fingerprint density at radius 3 is 2.92 bits per heavy atom. The SMILES string of the molecule is Cc1c(C(=O)N2CCOC[C@H]2C(=O)O)cnn1-c1cccc(Br)c1. The van der Waals surface area contributed by atoms with Crippen LogP contribution in [0.1, 0.15) is 16.1 Å². The number of nitrogens with zero attached hydrogens (tertiary/aromatic N) is 3. The first kappa shape index (κ1) is 16.7. The van der Waals surface area contributed by atoms with Crippen LogP contribution in [-0.4, -0.2) is 57.5 Å². The van der Waals surface area contributed by atoms with Crippen molar-refractivity contribution in [1.29, 1.82) is 0 Å². The van der Waals surface area contributed by atoms with Crippen molar-refractivity contribution in [3.63, 3.8) is 0 Å². The molecule has 7 nitrogen and oxygen atoms in total. The van der Waals surface area contributed by atoms with E-state index in [2.05, 4.69) is 21.0 Å². The summed E-state index contributed by atoms with van der Waals surface area (Å²) in [7, 11) is 0. The average Bonchev–Trinajstić information content (AvgIpc) is 2.95. The summed E-state index contributed by atoms with van der Waals surface area (Å²) in [6.45, 7) is 2.36. The maximum absolute atomic E-state index is 12.8. The van der Waals surface area contributed by atoms with Gasteiger partial charge in [0.25, 0.3) is 5.91 Å². The molecule has 1 atom stereocenters. The molecular formula is C16H16BrN3O4. The van der Waals surface area contributed by atoms with Crippen molar-refractivity contribution < 1.29 is 19.4 Å². The molecule has 1 N–H and O–H groups in total. The average molecular weight is 394 g/mol. The van der Waals surface area contributed by atoms with Gasteiger partial charge in [0.2, 0.25) is 0 Å². The molecule has 0 bridgehead atoms. The number of morpholine rings is 1. The molecular weight excluding hydrogens is 378 g/mol. The maximum Gasteiger partial charge on any atom is 0.328 e. The zero-order chi connectivity index (χ0) is 17.3. The molecule has 8 heteroatoms. The number of hydrogen-bond donors (Lipinski definition) is 1.